The molecule has 1 N–H and O–H groups in total. The van der Waals surface area contributed by atoms with Gasteiger partial charge in [-0.05, 0) is 47.7 Å². The SMILES string of the molecule is O=C(CN(Cc1ccccc1)C(=O)C1CC1c1ccccc1)Nc1cc(-c2ccccc2)nn1-c1ccc(F)cc1. The van der Waals surface area contributed by atoms with Crippen LogP contribution in [0.3, 0.4) is 0 Å². The van der Waals surface area contributed by atoms with Gasteiger partial charge >= 0.3 is 0 Å². The molecule has 1 aromatic heterocycles. The Kier molecular flexibility index (Phi) is 7.41. The predicted molar refractivity (Wildman–Crippen MR) is 157 cm³/mol. The summed E-state index contributed by atoms with van der Waals surface area (Å²) in [6.07, 6.45) is 0.771. The molecule has 1 aliphatic rings. The average molecular weight is 545 g/mol. The number of benzene rings is 4. The lowest BCUT2D eigenvalue weighted by Crippen LogP contribution is -2.39. The fourth-order valence-electron chi connectivity index (χ4n) is 5.14. The number of carbonyl (C=O) groups is 2. The van der Waals surface area contributed by atoms with Crippen molar-refractivity contribution >= 4 is 17.6 Å². The van der Waals surface area contributed by atoms with Gasteiger partial charge in [-0.1, -0.05) is 91.0 Å². The number of carbonyl (C=O) groups excluding carboxylic acids is 2. The largest absolute Gasteiger partial charge is 0.329 e. The maximum atomic E-state index is 13.7. The van der Waals surface area contributed by atoms with Crippen molar-refractivity contribution in [2.45, 2.75) is 18.9 Å². The molecule has 1 fully saturated rings. The summed E-state index contributed by atoms with van der Waals surface area (Å²) >= 11 is 0. The fraction of sp³-hybridized carbons (Fsp3) is 0.147. The van der Waals surface area contributed by atoms with Crippen molar-refractivity contribution in [3.63, 3.8) is 0 Å². The Morgan fingerprint density at radius 1 is 0.854 bits per heavy atom. The number of nitrogens with one attached hydrogen (secondary N) is 1. The van der Waals surface area contributed by atoms with Gasteiger partial charge in [0.25, 0.3) is 0 Å². The third-order valence-corrected chi connectivity index (χ3v) is 7.32. The highest BCUT2D eigenvalue weighted by Crippen LogP contribution is 2.48. The van der Waals surface area contributed by atoms with E-state index < -0.39 is 0 Å². The van der Waals surface area contributed by atoms with Crippen LogP contribution in [0.1, 0.15) is 23.5 Å². The first-order valence-corrected chi connectivity index (χ1v) is 13.6. The van der Waals surface area contributed by atoms with Crippen LogP contribution in [0, 0.1) is 11.7 Å². The highest BCUT2D eigenvalue weighted by atomic mass is 19.1. The minimum absolute atomic E-state index is 0.0325. The van der Waals surface area contributed by atoms with Gasteiger partial charge in [0.05, 0.1) is 11.4 Å². The van der Waals surface area contributed by atoms with Crippen molar-refractivity contribution in [2.24, 2.45) is 5.92 Å². The quantitative estimate of drug-likeness (QED) is 0.232. The third-order valence-electron chi connectivity index (χ3n) is 7.32. The number of hydrogen-bond acceptors (Lipinski definition) is 3. The summed E-state index contributed by atoms with van der Waals surface area (Å²) in [5.41, 5.74) is 4.24. The molecule has 2 atom stereocenters. The summed E-state index contributed by atoms with van der Waals surface area (Å²) in [7, 11) is 0. The Hall–Kier alpha value is -5.04. The molecule has 1 saturated carbocycles. The second-order valence-electron chi connectivity index (χ2n) is 10.3. The number of aromatic nitrogens is 2. The Morgan fingerprint density at radius 3 is 2.17 bits per heavy atom. The number of rotatable bonds is 9. The highest BCUT2D eigenvalue weighted by Gasteiger charge is 2.46. The van der Waals surface area contributed by atoms with E-state index in [0.29, 0.717) is 23.7 Å². The minimum Gasteiger partial charge on any atom is -0.329 e. The normalized spacial score (nSPS) is 15.7. The van der Waals surface area contributed by atoms with Crippen LogP contribution in [0.4, 0.5) is 10.2 Å². The third kappa shape index (κ3) is 6.09. The van der Waals surface area contributed by atoms with Gasteiger partial charge in [-0.15, -0.1) is 0 Å². The second kappa shape index (κ2) is 11.6. The number of halogens is 1. The number of hydrogen-bond donors (Lipinski definition) is 1. The highest BCUT2D eigenvalue weighted by molar-refractivity contribution is 5.95. The van der Waals surface area contributed by atoms with Gasteiger partial charge in [0.15, 0.2) is 0 Å². The number of amides is 2. The molecule has 1 aliphatic carbocycles. The van der Waals surface area contributed by atoms with Gasteiger partial charge in [-0.25, -0.2) is 9.07 Å². The molecular formula is C34H29FN4O2. The topological polar surface area (TPSA) is 67.2 Å². The monoisotopic (exact) mass is 544 g/mol. The minimum atomic E-state index is -0.362. The van der Waals surface area contributed by atoms with Gasteiger partial charge in [0.2, 0.25) is 11.8 Å². The molecule has 7 heteroatoms. The smallest absolute Gasteiger partial charge is 0.245 e. The van der Waals surface area contributed by atoms with Crippen LogP contribution in [-0.4, -0.2) is 33.0 Å². The van der Waals surface area contributed by atoms with Gasteiger partial charge in [-0.2, -0.15) is 5.10 Å². The lowest BCUT2D eigenvalue weighted by Gasteiger charge is -2.23. The van der Waals surface area contributed by atoms with Crippen molar-refractivity contribution in [3.8, 4) is 16.9 Å². The molecule has 5 aromatic rings. The van der Waals surface area contributed by atoms with E-state index in [4.69, 9.17) is 5.10 Å². The Labute approximate surface area is 238 Å². The van der Waals surface area contributed by atoms with E-state index >= 15 is 0 Å². The number of nitrogens with zero attached hydrogens (tertiary/aromatic N) is 3. The van der Waals surface area contributed by atoms with Crippen molar-refractivity contribution < 1.29 is 14.0 Å². The molecule has 2 amide bonds. The maximum absolute atomic E-state index is 13.7. The molecule has 0 spiro atoms. The molecule has 2 unspecified atom stereocenters. The van der Waals surface area contributed by atoms with E-state index in [1.54, 1.807) is 27.8 Å². The molecular weight excluding hydrogens is 515 g/mol. The maximum Gasteiger partial charge on any atom is 0.245 e. The summed E-state index contributed by atoms with van der Waals surface area (Å²) in [5.74, 6) is -0.287. The fourth-order valence-corrected chi connectivity index (χ4v) is 5.14. The molecule has 6 nitrogen and oxygen atoms in total. The van der Waals surface area contributed by atoms with E-state index in [2.05, 4.69) is 5.32 Å². The molecule has 4 aromatic carbocycles. The first-order valence-electron chi connectivity index (χ1n) is 13.6. The summed E-state index contributed by atoms with van der Waals surface area (Å²) in [6, 6.07) is 37.0. The summed E-state index contributed by atoms with van der Waals surface area (Å²) < 4.78 is 15.2. The van der Waals surface area contributed by atoms with E-state index in [-0.39, 0.29) is 36.0 Å². The summed E-state index contributed by atoms with van der Waals surface area (Å²) in [5, 5.41) is 7.66. The molecule has 6 rings (SSSR count). The van der Waals surface area contributed by atoms with Crippen LogP contribution in [0.15, 0.2) is 121 Å². The number of anilines is 1. The summed E-state index contributed by atoms with van der Waals surface area (Å²) in [4.78, 5) is 28.8. The molecule has 0 bridgehead atoms. The lowest BCUT2D eigenvalue weighted by molar-refractivity contribution is -0.136. The zero-order valence-electron chi connectivity index (χ0n) is 22.4. The van der Waals surface area contributed by atoms with Gasteiger partial charge in [0.1, 0.15) is 18.2 Å². The Balaban J connectivity index is 1.25. The molecule has 0 radical (unpaired) electrons. The van der Waals surface area contributed by atoms with Crippen LogP contribution >= 0.6 is 0 Å². The van der Waals surface area contributed by atoms with Gasteiger partial charge < -0.3 is 10.2 Å². The second-order valence-corrected chi connectivity index (χ2v) is 10.3. The van der Waals surface area contributed by atoms with Crippen LogP contribution in [-0.2, 0) is 16.1 Å². The van der Waals surface area contributed by atoms with Crippen molar-refractivity contribution in [1.82, 2.24) is 14.7 Å². The van der Waals surface area contributed by atoms with Gasteiger partial charge in [0, 0.05) is 24.1 Å². The van der Waals surface area contributed by atoms with E-state index in [0.717, 1.165) is 23.1 Å². The standard InChI is InChI=1S/C34H29FN4O2/c35-27-16-18-28(19-17-27)39-32(21-31(37-39)26-14-8-3-9-15-26)36-33(40)23-38(22-24-10-4-1-5-11-24)34(41)30-20-29(30)25-12-6-2-7-13-25/h1-19,21,29-30H,20,22-23H2,(H,36,40). The van der Waals surface area contributed by atoms with E-state index in [1.165, 1.54) is 12.1 Å². The molecule has 0 saturated heterocycles. The van der Waals surface area contributed by atoms with Crippen molar-refractivity contribution in [1.29, 1.82) is 0 Å². The van der Waals surface area contributed by atoms with E-state index in [1.807, 2.05) is 91.0 Å². The average Bonchev–Trinajstić information content (AvgIpc) is 3.71. The molecule has 1 heterocycles. The van der Waals surface area contributed by atoms with E-state index in [9.17, 15) is 14.0 Å². The van der Waals surface area contributed by atoms with Crippen LogP contribution in [0.5, 0.6) is 0 Å². The van der Waals surface area contributed by atoms with Crippen LogP contribution in [0.25, 0.3) is 16.9 Å². The first kappa shape index (κ1) is 26.2. The van der Waals surface area contributed by atoms with Crippen molar-refractivity contribution in [3.05, 3.63) is 138 Å². The molecule has 204 valence electrons. The zero-order valence-corrected chi connectivity index (χ0v) is 22.4. The lowest BCUT2D eigenvalue weighted by atomic mass is 10.1. The first-order chi connectivity index (χ1) is 20.0. The van der Waals surface area contributed by atoms with Crippen LogP contribution in [0.2, 0.25) is 0 Å². The zero-order chi connectivity index (χ0) is 28.2. The molecule has 0 aliphatic heterocycles. The molecule has 41 heavy (non-hydrogen) atoms. The van der Waals surface area contributed by atoms with Crippen molar-refractivity contribution in [2.75, 3.05) is 11.9 Å². The Bertz CT molecular complexity index is 1640. The summed E-state index contributed by atoms with van der Waals surface area (Å²) in [6.45, 7) is 0.221. The Morgan fingerprint density at radius 2 is 1.49 bits per heavy atom. The van der Waals surface area contributed by atoms with Gasteiger partial charge in [-0.3, -0.25) is 9.59 Å². The predicted octanol–water partition coefficient (Wildman–Crippen LogP) is 6.45. The van der Waals surface area contributed by atoms with Crippen LogP contribution < -0.4 is 5.32 Å².